The topological polar surface area (TPSA) is 67.4 Å². The van der Waals surface area contributed by atoms with Gasteiger partial charge in [-0.15, -0.1) is 0 Å². The van der Waals surface area contributed by atoms with Crippen LogP contribution in [-0.4, -0.2) is 31.0 Å². The number of amides is 1. The molecule has 5 heteroatoms. The maximum absolute atomic E-state index is 11.6. The van der Waals surface area contributed by atoms with E-state index in [2.05, 4.69) is 10.6 Å². The zero-order chi connectivity index (χ0) is 14.3. The van der Waals surface area contributed by atoms with Gasteiger partial charge in [0.2, 0.25) is 5.91 Å². The molecule has 1 fully saturated rings. The summed E-state index contributed by atoms with van der Waals surface area (Å²) in [5.74, 6) is -0.701. The minimum absolute atomic E-state index is 0.229. The number of nitrogens with one attached hydrogen (secondary N) is 2. The second-order valence-corrected chi connectivity index (χ2v) is 4.68. The van der Waals surface area contributed by atoms with Gasteiger partial charge in [-0.3, -0.25) is 4.79 Å². The zero-order valence-electron chi connectivity index (χ0n) is 11.7. The minimum Gasteiger partial charge on any atom is -0.433 e. The van der Waals surface area contributed by atoms with Gasteiger partial charge in [0.25, 0.3) is 0 Å². The average molecular weight is 266 g/mol. The third-order valence-electron chi connectivity index (χ3n) is 3.13. The van der Waals surface area contributed by atoms with Gasteiger partial charge >= 0.3 is 5.97 Å². The smallest absolute Gasteiger partial charge is 0.333 e. The fraction of sp³-hybridized carbons (Fsp3) is 0.571. The quantitative estimate of drug-likeness (QED) is 0.561. The van der Waals surface area contributed by atoms with Gasteiger partial charge in [-0.2, -0.15) is 0 Å². The lowest BCUT2D eigenvalue weighted by Gasteiger charge is -2.15. The molecule has 2 unspecified atom stereocenters. The number of ether oxygens (including phenoxy) is 1. The minimum atomic E-state index is -0.663. The Labute approximate surface area is 114 Å². The number of carbonyl (C=O) groups excluding carboxylic acids is 2. The molecule has 0 aliphatic heterocycles. The molecule has 1 amide bonds. The van der Waals surface area contributed by atoms with E-state index in [9.17, 15) is 9.59 Å². The summed E-state index contributed by atoms with van der Waals surface area (Å²) in [6, 6.07) is -1.00. The highest BCUT2D eigenvalue weighted by atomic mass is 16.5. The van der Waals surface area contributed by atoms with Crippen LogP contribution in [0.15, 0.2) is 24.0 Å². The molecule has 19 heavy (non-hydrogen) atoms. The Morgan fingerprint density at radius 2 is 1.95 bits per heavy atom. The van der Waals surface area contributed by atoms with Crippen LogP contribution in [0.4, 0.5) is 0 Å². The van der Waals surface area contributed by atoms with Gasteiger partial charge in [0, 0.05) is 0 Å². The summed E-state index contributed by atoms with van der Waals surface area (Å²) in [6.07, 6.45) is 8.55. The van der Waals surface area contributed by atoms with Crippen molar-refractivity contribution in [3.05, 3.63) is 24.0 Å². The molecule has 0 bridgehead atoms. The van der Waals surface area contributed by atoms with Gasteiger partial charge in [-0.1, -0.05) is 11.6 Å². The average Bonchev–Trinajstić information content (AvgIpc) is 2.34. The van der Waals surface area contributed by atoms with Crippen molar-refractivity contribution in [3.8, 4) is 0 Å². The van der Waals surface area contributed by atoms with Crippen molar-refractivity contribution in [2.45, 2.75) is 45.2 Å². The highest BCUT2D eigenvalue weighted by Gasteiger charge is 2.19. The van der Waals surface area contributed by atoms with Crippen LogP contribution >= 0.6 is 0 Å². The first-order chi connectivity index (χ1) is 9.04. The molecule has 0 aromatic heterocycles. The van der Waals surface area contributed by atoms with Gasteiger partial charge in [0.05, 0.1) is 12.3 Å². The fourth-order valence-electron chi connectivity index (χ4n) is 1.46. The predicted octanol–water partition coefficient (Wildman–Crippen LogP) is 1.27. The maximum atomic E-state index is 11.6. The first-order valence-electron chi connectivity index (χ1n) is 6.57. The standard InChI is InChI=1S/C14H22N2O3/c1-10(15-3)13(17)16-11(2)14(18)19-9-5-8-12-6-4-7-12/h5,8-11,15H,4,6-7H2,1-3H3,(H,16,17). The van der Waals surface area contributed by atoms with E-state index in [1.54, 1.807) is 27.0 Å². The van der Waals surface area contributed by atoms with E-state index in [-0.39, 0.29) is 11.9 Å². The second-order valence-electron chi connectivity index (χ2n) is 4.68. The molecular formula is C14H22N2O3. The summed E-state index contributed by atoms with van der Waals surface area (Å²) in [6.45, 7) is 3.32. The molecule has 0 heterocycles. The molecule has 2 N–H and O–H groups in total. The monoisotopic (exact) mass is 266 g/mol. The van der Waals surface area contributed by atoms with E-state index in [1.807, 2.05) is 6.08 Å². The first-order valence-corrected chi connectivity index (χ1v) is 6.57. The van der Waals surface area contributed by atoms with Crippen LogP contribution in [0.1, 0.15) is 33.1 Å². The van der Waals surface area contributed by atoms with E-state index in [1.165, 1.54) is 18.3 Å². The number of esters is 1. The van der Waals surface area contributed by atoms with Gasteiger partial charge in [-0.25, -0.2) is 4.79 Å². The van der Waals surface area contributed by atoms with E-state index in [0.29, 0.717) is 0 Å². The lowest BCUT2D eigenvalue weighted by Crippen LogP contribution is -2.47. The number of likely N-dealkylation sites (N-methyl/N-ethyl adjacent to an activating group) is 1. The van der Waals surface area contributed by atoms with Crippen molar-refractivity contribution in [1.29, 1.82) is 0 Å². The van der Waals surface area contributed by atoms with Crippen LogP contribution in [0.3, 0.4) is 0 Å². The summed E-state index contributed by atoms with van der Waals surface area (Å²) in [5, 5.41) is 5.38. The van der Waals surface area contributed by atoms with Crippen molar-refractivity contribution in [2.75, 3.05) is 7.05 Å². The fourth-order valence-corrected chi connectivity index (χ4v) is 1.46. The van der Waals surface area contributed by atoms with Crippen molar-refractivity contribution >= 4 is 11.9 Å². The molecule has 1 saturated carbocycles. The lowest BCUT2D eigenvalue weighted by molar-refractivity contribution is -0.142. The Morgan fingerprint density at radius 1 is 1.26 bits per heavy atom. The Morgan fingerprint density at radius 3 is 2.47 bits per heavy atom. The van der Waals surface area contributed by atoms with Crippen LogP contribution in [0.25, 0.3) is 0 Å². The third kappa shape index (κ3) is 5.26. The van der Waals surface area contributed by atoms with Crippen molar-refractivity contribution < 1.29 is 14.3 Å². The summed E-state index contributed by atoms with van der Waals surface area (Å²) in [7, 11) is 1.68. The van der Waals surface area contributed by atoms with E-state index < -0.39 is 12.0 Å². The molecule has 1 aliphatic rings. The Hall–Kier alpha value is -1.62. The first kappa shape index (κ1) is 15.4. The van der Waals surface area contributed by atoms with Gasteiger partial charge < -0.3 is 15.4 Å². The lowest BCUT2D eigenvalue weighted by atomic mass is 9.92. The van der Waals surface area contributed by atoms with E-state index >= 15 is 0 Å². The molecule has 106 valence electrons. The number of rotatable bonds is 6. The van der Waals surface area contributed by atoms with Crippen LogP contribution in [-0.2, 0) is 14.3 Å². The van der Waals surface area contributed by atoms with Crippen molar-refractivity contribution in [1.82, 2.24) is 10.6 Å². The second kappa shape index (κ2) is 7.74. The third-order valence-corrected chi connectivity index (χ3v) is 3.13. The van der Waals surface area contributed by atoms with Crippen molar-refractivity contribution in [2.24, 2.45) is 0 Å². The number of carbonyl (C=O) groups is 2. The molecule has 1 rings (SSSR count). The molecule has 2 atom stereocenters. The molecule has 5 nitrogen and oxygen atoms in total. The Balaban J connectivity index is 2.29. The molecule has 1 aliphatic carbocycles. The molecular weight excluding hydrogens is 244 g/mol. The normalized spacial score (nSPS) is 17.5. The zero-order valence-corrected chi connectivity index (χ0v) is 11.7. The predicted molar refractivity (Wildman–Crippen MR) is 73.3 cm³/mol. The maximum Gasteiger partial charge on any atom is 0.333 e. The SMILES string of the molecule is CNC(C)C(=O)NC(C)C(=O)OC=CC=C1CCC1. The Kier molecular flexibility index (Phi) is 6.29. The van der Waals surface area contributed by atoms with Crippen LogP contribution < -0.4 is 10.6 Å². The van der Waals surface area contributed by atoms with Gasteiger partial charge in [-0.05, 0) is 46.2 Å². The van der Waals surface area contributed by atoms with Crippen LogP contribution in [0.5, 0.6) is 0 Å². The molecule has 0 radical (unpaired) electrons. The summed E-state index contributed by atoms with van der Waals surface area (Å²) < 4.78 is 4.94. The summed E-state index contributed by atoms with van der Waals surface area (Å²) in [5.41, 5.74) is 1.37. The molecule has 0 aromatic carbocycles. The van der Waals surface area contributed by atoms with Gasteiger partial charge in [0.15, 0.2) is 0 Å². The number of hydrogen-bond acceptors (Lipinski definition) is 4. The number of allylic oxidation sites excluding steroid dienone is 3. The molecule has 0 saturated heterocycles. The summed E-state index contributed by atoms with van der Waals surface area (Å²) >= 11 is 0. The van der Waals surface area contributed by atoms with Gasteiger partial charge in [0.1, 0.15) is 6.04 Å². The molecule has 0 aromatic rings. The Bertz CT molecular complexity index is 382. The molecule has 0 spiro atoms. The van der Waals surface area contributed by atoms with Crippen molar-refractivity contribution in [3.63, 3.8) is 0 Å². The summed E-state index contributed by atoms with van der Waals surface area (Å²) in [4.78, 5) is 23.1. The highest BCUT2D eigenvalue weighted by molar-refractivity contribution is 5.87. The van der Waals surface area contributed by atoms with Crippen LogP contribution in [0, 0.1) is 0 Å². The van der Waals surface area contributed by atoms with E-state index in [4.69, 9.17) is 4.74 Å². The van der Waals surface area contributed by atoms with Crippen LogP contribution in [0.2, 0.25) is 0 Å². The number of hydrogen-bond donors (Lipinski definition) is 2. The highest BCUT2D eigenvalue weighted by Crippen LogP contribution is 2.24. The largest absolute Gasteiger partial charge is 0.433 e. The van der Waals surface area contributed by atoms with E-state index in [0.717, 1.165) is 12.8 Å².